The number of rotatable bonds is 8. The van der Waals surface area contributed by atoms with Gasteiger partial charge in [-0.1, -0.05) is 140 Å². The van der Waals surface area contributed by atoms with Crippen molar-refractivity contribution in [1.29, 1.82) is 0 Å². The highest BCUT2D eigenvalue weighted by atomic mass is 35.5. The van der Waals surface area contributed by atoms with E-state index in [2.05, 4.69) is 127 Å². The number of halogens is 1. The summed E-state index contributed by atoms with van der Waals surface area (Å²) in [6, 6.07) is 46.3. The van der Waals surface area contributed by atoms with E-state index in [4.69, 9.17) is 22.4 Å². The maximum Gasteiger partial charge on any atom is 0.158 e. The first kappa shape index (κ1) is 25.9. The molecule has 6 rings (SSSR count). The Kier molecular flexibility index (Phi) is 7.15. The molecular weight excluding hydrogens is 510 g/mol. The fourth-order valence-corrected chi connectivity index (χ4v) is 6.11. The molecule has 0 amide bonds. The molecule has 0 radical (unpaired) electrons. The SMILES string of the molecule is C[C@@H](CCc1cc2c(Cl)nn(C(c3ccccc3)(c3ccccc3)c3ccccc3)c2cc1N)c1ccccc1. The summed E-state index contributed by atoms with van der Waals surface area (Å²) in [6.07, 6.45) is 1.86. The van der Waals surface area contributed by atoms with E-state index in [0.29, 0.717) is 11.1 Å². The van der Waals surface area contributed by atoms with Crippen molar-refractivity contribution in [2.24, 2.45) is 0 Å². The number of nitrogen functional groups attached to an aromatic ring is 1. The van der Waals surface area contributed by atoms with Crippen LogP contribution in [0.25, 0.3) is 10.9 Å². The minimum absolute atomic E-state index is 0.427. The molecule has 0 aliphatic heterocycles. The summed E-state index contributed by atoms with van der Waals surface area (Å²) >= 11 is 6.96. The molecule has 1 atom stereocenters. The summed E-state index contributed by atoms with van der Waals surface area (Å²) in [7, 11) is 0. The summed E-state index contributed by atoms with van der Waals surface area (Å²) in [6.45, 7) is 2.27. The van der Waals surface area contributed by atoms with Crippen molar-refractivity contribution in [3.05, 3.63) is 166 Å². The Morgan fingerprint density at radius 2 is 1.20 bits per heavy atom. The van der Waals surface area contributed by atoms with E-state index in [-0.39, 0.29) is 0 Å². The Morgan fingerprint density at radius 1 is 0.725 bits per heavy atom. The molecule has 40 heavy (non-hydrogen) atoms. The molecule has 1 heterocycles. The normalized spacial score (nSPS) is 12.4. The number of anilines is 1. The zero-order valence-electron chi connectivity index (χ0n) is 22.5. The predicted octanol–water partition coefficient (Wildman–Crippen LogP) is 8.85. The molecule has 198 valence electrons. The van der Waals surface area contributed by atoms with E-state index in [0.717, 1.165) is 51.7 Å². The Balaban J connectivity index is 1.53. The number of hydrogen-bond donors (Lipinski definition) is 1. The van der Waals surface area contributed by atoms with Gasteiger partial charge in [-0.05, 0) is 58.7 Å². The monoisotopic (exact) mass is 541 g/mol. The number of aromatic nitrogens is 2. The number of aryl methyl sites for hydroxylation is 1. The number of nitrogens with two attached hydrogens (primary N) is 1. The molecular formula is C36H32ClN3. The van der Waals surface area contributed by atoms with Crippen LogP contribution in [-0.4, -0.2) is 9.78 Å². The Hall–Kier alpha value is -4.34. The Bertz CT molecular complexity index is 1620. The van der Waals surface area contributed by atoms with Crippen LogP contribution in [0.4, 0.5) is 5.69 Å². The topological polar surface area (TPSA) is 43.8 Å². The lowest BCUT2D eigenvalue weighted by Crippen LogP contribution is -2.38. The number of hydrogen-bond acceptors (Lipinski definition) is 2. The van der Waals surface area contributed by atoms with Gasteiger partial charge < -0.3 is 5.73 Å². The molecule has 0 unspecified atom stereocenters. The van der Waals surface area contributed by atoms with Crippen LogP contribution in [0.1, 0.15) is 47.1 Å². The first-order chi connectivity index (χ1) is 19.6. The molecule has 0 saturated heterocycles. The van der Waals surface area contributed by atoms with Gasteiger partial charge in [0.2, 0.25) is 0 Å². The van der Waals surface area contributed by atoms with E-state index in [1.165, 1.54) is 5.56 Å². The number of nitrogens with zero attached hydrogens (tertiary/aromatic N) is 2. The lowest BCUT2D eigenvalue weighted by Gasteiger charge is -2.37. The lowest BCUT2D eigenvalue weighted by molar-refractivity contribution is 0.476. The van der Waals surface area contributed by atoms with Gasteiger partial charge >= 0.3 is 0 Å². The van der Waals surface area contributed by atoms with E-state index in [1.807, 2.05) is 18.2 Å². The van der Waals surface area contributed by atoms with E-state index < -0.39 is 5.54 Å². The van der Waals surface area contributed by atoms with Gasteiger partial charge in [0, 0.05) is 11.1 Å². The Labute approximate surface area is 240 Å². The second-order valence-corrected chi connectivity index (χ2v) is 10.8. The van der Waals surface area contributed by atoms with Crippen molar-refractivity contribution in [2.45, 2.75) is 31.2 Å². The Morgan fingerprint density at radius 3 is 1.70 bits per heavy atom. The zero-order valence-corrected chi connectivity index (χ0v) is 23.3. The molecule has 0 aliphatic rings. The van der Waals surface area contributed by atoms with Gasteiger partial charge in [-0.3, -0.25) is 0 Å². The predicted molar refractivity (Wildman–Crippen MR) is 167 cm³/mol. The molecule has 6 aromatic rings. The highest BCUT2D eigenvalue weighted by Gasteiger charge is 2.40. The van der Waals surface area contributed by atoms with Gasteiger partial charge in [0.25, 0.3) is 0 Å². The smallest absolute Gasteiger partial charge is 0.158 e. The molecule has 4 heteroatoms. The maximum absolute atomic E-state index is 6.96. The number of fused-ring (bicyclic) bond motifs is 1. The van der Waals surface area contributed by atoms with E-state index in [9.17, 15) is 0 Å². The maximum atomic E-state index is 6.96. The average molecular weight is 542 g/mol. The molecule has 0 saturated carbocycles. The molecule has 0 bridgehead atoms. The van der Waals surface area contributed by atoms with Gasteiger partial charge in [0.05, 0.1) is 5.52 Å². The van der Waals surface area contributed by atoms with Crippen LogP contribution in [0.15, 0.2) is 133 Å². The first-order valence-electron chi connectivity index (χ1n) is 13.8. The standard InChI is InChI=1S/C36H32ClN3/c1-26(27-14-6-2-7-15-27)22-23-28-24-32-34(25-33(28)38)40(39-35(32)37)36(29-16-8-3-9-17-29,30-18-10-4-11-19-30)31-20-12-5-13-21-31/h2-21,24-26H,22-23,38H2,1H3/t26-/m0/s1. The quantitative estimate of drug-likeness (QED) is 0.154. The molecule has 5 aromatic carbocycles. The summed E-state index contributed by atoms with van der Waals surface area (Å²) in [5.74, 6) is 0.427. The summed E-state index contributed by atoms with van der Waals surface area (Å²) < 4.78 is 2.07. The second kappa shape index (κ2) is 11.0. The van der Waals surface area contributed by atoms with Crippen molar-refractivity contribution in [3.8, 4) is 0 Å². The minimum Gasteiger partial charge on any atom is -0.398 e. The zero-order chi connectivity index (χ0) is 27.5. The van der Waals surface area contributed by atoms with Crippen molar-refractivity contribution < 1.29 is 0 Å². The van der Waals surface area contributed by atoms with Crippen molar-refractivity contribution in [2.75, 3.05) is 5.73 Å². The van der Waals surface area contributed by atoms with Crippen molar-refractivity contribution >= 4 is 28.2 Å². The lowest BCUT2D eigenvalue weighted by atomic mass is 9.77. The van der Waals surface area contributed by atoms with E-state index in [1.54, 1.807) is 0 Å². The summed E-state index contributed by atoms with van der Waals surface area (Å²) in [5.41, 5.74) is 13.4. The average Bonchev–Trinajstić information content (AvgIpc) is 3.33. The van der Waals surface area contributed by atoms with Crippen LogP contribution in [0.2, 0.25) is 5.15 Å². The van der Waals surface area contributed by atoms with Gasteiger partial charge in [-0.25, -0.2) is 4.68 Å². The van der Waals surface area contributed by atoms with Crippen LogP contribution in [0.3, 0.4) is 0 Å². The van der Waals surface area contributed by atoms with Gasteiger partial charge in [-0.15, -0.1) is 0 Å². The molecule has 3 nitrogen and oxygen atoms in total. The van der Waals surface area contributed by atoms with Crippen molar-refractivity contribution in [3.63, 3.8) is 0 Å². The van der Waals surface area contributed by atoms with Crippen LogP contribution in [0, 0.1) is 0 Å². The fraction of sp³-hybridized carbons (Fsp3) is 0.139. The minimum atomic E-state index is -0.759. The third kappa shape index (κ3) is 4.57. The van der Waals surface area contributed by atoms with Gasteiger partial charge in [-0.2, -0.15) is 5.10 Å². The second-order valence-electron chi connectivity index (χ2n) is 10.4. The molecule has 2 N–H and O–H groups in total. The van der Waals surface area contributed by atoms with Gasteiger partial charge in [0.15, 0.2) is 5.15 Å². The van der Waals surface area contributed by atoms with Crippen LogP contribution in [0.5, 0.6) is 0 Å². The molecule has 1 aromatic heterocycles. The summed E-state index contributed by atoms with van der Waals surface area (Å²) in [5, 5.41) is 6.42. The van der Waals surface area contributed by atoms with Crippen LogP contribution in [-0.2, 0) is 12.0 Å². The third-order valence-corrected chi connectivity index (χ3v) is 8.28. The molecule has 0 fully saturated rings. The largest absolute Gasteiger partial charge is 0.398 e. The highest BCUT2D eigenvalue weighted by Crippen LogP contribution is 2.44. The van der Waals surface area contributed by atoms with Crippen LogP contribution >= 0.6 is 11.6 Å². The highest BCUT2D eigenvalue weighted by molar-refractivity contribution is 6.34. The number of benzene rings is 5. The first-order valence-corrected chi connectivity index (χ1v) is 14.2. The van der Waals surface area contributed by atoms with Crippen LogP contribution < -0.4 is 5.73 Å². The van der Waals surface area contributed by atoms with Gasteiger partial charge in [0.1, 0.15) is 5.54 Å². The van der Waals surface area contributed by atoms with E-state index >= 15 is 0 Å². The molecule has 0 spiro atoms. The summed E-state index contributed by atoms with van der Waals surface area (Å²) in [4.78, 5) is 0. The third-order valence-electron chi connectivity index (χ3n) is 8.00. The molecule has 0 aliphatic carbocycles. The fourth-order valence-electron chi connectivity index (χ4n) is 5.88. The van der Waals surface area contributed by atoms with Crippen molar-refractivity contribution in [1.82, 2.24) is 9.78 Å².